The summed E-state index contributed by atoms with van der Waals surface area (Å²) in [5.41, 5.74) is 1.34. The van der Waals surface area contributed by atoms with Crippen LogP contribution in [0.3, 0.4) is 0 Å². The molecule has 0 unspecified atom stereocenters. The fourth-order valence-electron chi connectivity index (χ4n) is 1.27. The molecule has 0 fully saturated rings. The molecular weight excluding hydrogens is 232 g/mol. The number of hydrogen-bond acceptors (Lipinski definition) is 4. The standard InChI is InChI=1S/C14H18O4/c1-4-17-14(16)12-7-5-11(6-8-12)9-18-13(15)10(2)3/h5-8,10H,4,9H2,1-3H3. The number of hydrogen-bond donors (Lipinski definition) is 0. The molecule has 1 aromatic carbocycles. The summed E-state index contributed by atoms with van der Waals surface area (Å²) in [6, 6.07) is 6.83. The van der Waals surface area contributed by atoms with E-state index in [2.05, 4.69) is 0 Å². The molecule has 1 rings (SSSR count). The zero-order chi connectivity index (χ0) is 13.5. The Morgan fingerprint density at radius 1 is 1.11 bits per heavy atom. The average molecular weight is 250 g/mol. The van der Waals surface area contributed by atoms with Gasteiger partial charge in [-0.25, -0.2) is 4.79 Å². The van der Waals surface area contributed by atoms with E-state index in [1.165, 1.54) is 0 Å². The number of benzene rings is 1. The third-order valence-corrected chi connectivity index (χ3v) is 2.32. The Balaban J connectivity index is 2.55. The van der Waals surface area contributed by atoms with Crippen molar-refractivity contribution in [3.63, 3.8) is 0 Å². The topological polar surface area (TPSA) is 52.6 Å². The number of ether oxygens (including phenoxy) is 2. The van der Waals surface area contributed by atoms with E-state index in [1.54, 1.807) is 45.0 Å². The predicted molar refractivity (Wildman–Crippen MR) is 67.0 cm³/mol. The highest BCUT2D eigenvalue weighted by molar-refractivity contribution is 5.89. The summed E-state index contributed by atoms with van der Waals surface area (Å²) >= 11 is 0. The molecular formula is C14H18O4. The molecule has 0 radical (unpaired) electrons. The van der Waals surface area contributed by atoms with Gasteiger partial charge < -0.3 is 9.47 Å². The van der Waals surface area contributed by atoms with Gasteiger partial charge in [0.15, 0.2) is 0 Å². The van der Waals surface area contributed by atoms with Gasteiger partial charge in [-0.2, -0.15) is 0 Å². The maximum Gasteiger partial charge on any atom is 0.338 e. The predicted octanol–water partition coefficient (Wildman–Crippen LogP) is 2.56. The summed E-state index contributed by atoms with van der Waals surface area (Å²) in [6.07, 6.45) is 0. The Morgan fingerprint density at radius 2 is 1.72 bits per heavy atom. The molecule has 0 N–H and O–H groups in total. The quantitative estimate of drug-likeness (QED) is 0.754. The largest absolute Gasteiger partial charge is 0.462 e. The van der Waals surface area contributed by atoms with Gasteiger partial charge >= 0.3 is 11.9 Å². The highest BCUT2D eigenvalue weighted by Gasteiger charge is 2.09. The van der Waals surface area contributed by atoms with Crippen molar-refractivity contribution in [2.45, 2.75) is 27.4 Å². The van der Waals surface area contributed by atoms with Gasteiger partial charge in [-0.05, 0) is 24.6 Å². The third-order valence-electron chi connectivity index (χ3n) is 2.32. The normalized spacial score (nSPS) is 10.2. The van der Waals surface area contributed by atoms with Gasteiger partial charge in [-0.1, -0.05) is 26.0 Å². The maximum atomic E-state index is 11.4. The minimum Gasteiger partial charge on any atom is -0.462 e. The van der Waals surface area contributed by atoms with Crippen LogP contribution in [-0.2, 0) is 20.9 Å². The zero-order valence-corrected chi connectivity index (χ0v) is 10.9. The Hall–Kier alpha value is -1.84. The lowest BCUT2D eigenvalue weighted by atomic mass is 10.1. The summed E-state index contributed by atoms with van der Waals surface area (Å²) in [5.74, 6) is -0.712. The molecule has 0 spiro atoms. The van der Waals surface area contributed by atoms with Crippen molar-refractivity contribution in [2.75, 3.05) is 6.61 Å². The SMILES string of the molecule is CCOC(=O)c1ccc(COC(=O)C(C)C)cc1. The van der Waals surface area contributed by atoms with Gasteiger partial charge in [-0.15, -0.1) is 0 Å². The monoisotopic (exact) mass is 250 g/mol. The van der Waals surface area contributed by atoms with E-state index in [0.29, 0.717) is 12.2 Å². The van der Waals surface area contributed by atoms with Crippen LogP contribution in [0.2, 0.25) is 0 Å². The molecule has 4 heteroatoms. The highest BCUT2D eigenvalue weighted by atomic mass is 16.5. The second kappa shape index (κ2) is 6.79. The van der Waals surface area contributed by atoms with Crippen molar-refractivity contribution in [2.24, 2.45) is 5.92 Å². The van der Waals surface area contributed by atoms with Gasteiger partial charge in [0, 0.05) is 0 Å². The first-order chi connectivity index (χ1) is 8.54. The second-order valence-corrected chi connectivity index (χ2v) is 4.18. The number of esters is 2. The summed E-state index contributed by atoms with van der Waals surface area (Å²) in [4.78, 5) is 22.7. The fourth-order valence-corrected chi connectivity index (χ4v) is 1.27. The number of carbonyl (C=O) groups excluding carboxylic acids is 2. The van der Waals surface area contributed by atoms with Gasteiger partial charge in [0.2, 0.25) is 0 Å². The van der Waals surface area contributed by atoms with Crippen LogP contribution in [0.5, 0.6) is 0 Å². The first kappa shape index (κ1) is 14.2. The van der Waals surface area contributed by atoms with Gasteiger partial charge in [0.25, 0.3) is 0 Å². The minimum absolute atomic E-state index is 0.135. The summed E-state index contributed by atoms with van der Waals surface area (Å²) < 4.78 is 9.96. The lowest BCUT2D eigenvalue weighted by Crippen LogP contribution is -2.11. The molecule has 0 heterocycles. The van der Waals surface area contributed by atoms with Crippen molar-refractivity contribution in [3.8, 4) is 0 Å². The molecule has 18 heavy (non-hydrogen) atoms. The summed E-state index contributed by atoms with van der Waals surface area (Å²) in [6.45, 7) is 5.91. The molecule has 0 atom stereocenters. The molecule has 0 aromatic heterocycles. The molecule has 98 valence electrons. The average Bonchev–Trinajstić information content (AvgIpc) is 2.36. The smallest absolute Gasteiger partial charge is 0.338 e. The van der Waals surface area contributed by atoms with Gasteiger partial charge in [0.05, 0.1) is 18.1 Å². The van der Waals surface area contributed by atoms with E-state index < -0.39 is 0 Å². The molecule has 1 aromatic rings. The Labute approximate surface area is 107 Å². The van der Waals surface area contributed by atoms with Crippen LogP contribution in [0, 0.1) is 5.92 Å². The molecule has 0 saturated carbocycles. The zero-order valence-electron chi connectivity index (χ0n) is 10.9. The molecule has 0 aliphatic rings. The fraction of sp³-hybridized carbons (Fsp3) is 0.429. The lowest BCUT2D eigenvalue weighted by molar-refractivity contribution is -0.148. The summed E-state index contributed by atoms with van der Waals surface area (Å²) in [5, 5.41) is 0. The summed E-state index contributed by atoms with van der Waals surface area (Å²) in [7, 11) is 0. The Kier molecular flexibility index (Phi) is 5.36. The first-order valence-corrected chi connectivity index (χ1v) is 5.97. The van der Waals surface area contributed by atoms with E-state index >= 15 is 0 Å². The third kappa shape index (κ3) is 4.20. The second-order valence-electron chi connectivity index (χ2n) is 4.18. The van der Waals surface area contributed by atoms with Crippen LogP contribution in [0.1, 0.15) is 36.7 Å². The van der Waals surface area contributed by atoms with E-state index in [0.717, 1.165) is 5.56 Å². The van der Waals surface area contributed by atoms with Crippen molar-refractivity contribution >= 4 is 11.9 Å². The van der Waals surface area contributed by atoms with E-state index in [-0.39, 0.29) is 24.5 Å². The number of rotatable bonds is 5. The molecule has 0 bridgehead atoms. The number of carbonyl (C=O) groups is 2. The van der Waals surface area contributed by atoms with Crippen molar-refractivity contribution in [1.82, 2.24) is 0 Å². The lowest BCUT2D eigenvalue weighted by Gasteiger charge is -2.07. The first-order valence-electron chi connectivity index (χ1n) is 5.97. The van der Waals surface area contributed by atoms with Gasteiger partial charge in [-0.3, -0.25) is 4.79 Å². The van der Waals surface area contributed by atoms with E-state index in [4.69, 9.17) is 9.47 Å². The van der Waals surface area contributed by atoms with Crippen LogP contribution < -0.4 is 0 Å². The van der Waals surface area contributed by atoms with Crippen LogP contribution >= 0.6 is 0 Å². The Morgan fingerprint density at radius 3 is 2.22 bits per heavy atom. The molecule has 0 saturated heterocycles. The Bertz CT molecular complexity index is 406. The van der Waals surface area contributed by atoms with Crippen LogP contribution in [0.15, 0.2) is 24.3 Å². The molecule has 0 amide bonds. The van der Waals surface area contributed by atoms with Crippen LogP contribution in [0.4, 0.5) is 0 Å². The van der Waals surface area contributed by atoms with E-state index in [9.17, 15) is 9.59 Å². The van der Waals surface area contributed by atoms with Crippen molar-refractivity contribution in [3.05, 3.63) is 35.4 Å². The molecule has 0 aliphatic heterocycles. The van der Waals surface area contributed by atoms with Gasteiger partial charge in [0.1, 0.15) is 6.61 Å². The van der Waals surface area contributed by atoms with Crippen molar-refractivity contribution < 1.29 is 19.1 Å². The highest BCUT2D eigenvalue weighted by Crippen LogP contribution is 2.08. The molecule has 0 aliphatic carbocycles. The van der Waals surface area contributed by atoms with E-state index in [1.807, 2.05) is 0 Å². The molecule has 4 nitrogen and oxygen atoms in total. The van der Waals surface area contributed by atoms with Crippen LogP contribution in [0.25, 0.3) is 0 Å². The van der Waals surface area contributed by atoms with Crippen molar-refractivity contribution in [1.29, 1.82) is 0 Å². The minimum atomic E-state index is -0.344. The maximum absolute atomic E-state index is 11.4. The van der Waals surface area contributed by atoms with Crippen LogP contribution in [-0.4, -0.2) is 18.5 Å².